The molecule has 0 aromatic heterocycles. The summed E-state index contributed by atoms with van der Waals surface area (Å²) in [6.07, 6.45) is 0. The first-order valence-electron chi connectivity index (χ1n) is 4.98. The Labute approximate surface area is 101 Å². The van der Waals surface area contributed by atoms with E-state index in [0.29, 0.717) is 6.07 Å². The number of amides is 1. The predicted octanol–water partition coefficient (Wildman–Crippen LogP) is 2.27. The zero-order valence-corrected chi connectivity index (χ0v) is 9.97. The van der Waals surface area contributed by atoms with Crippen molar-refractivity contribution in [2.45, 2.75) is 26.4 Å². The van der Waals surface area contributed by atoms with Crippen LogP contribution in [0.2, 0.25) is 0 Å². The van der Waals surface area contributed by atoms with Gasteiger partial charge in [-0.15, -0.1) is 0 Å². The number of rotatable bonds is 2. The molecule has 4 nitrogen and oxygen atoms in total. The van der Waals surface area contributed by atoms with E-state index < -0.39 is 40.3 Å². The zero-order valence-electron chi connectivity index (χ0n) is 9.97. The van der Waals surface area contributed by atoms with Gasteiger partial charge in [-0.25, -0.2) is 14.3 Å². The summed E-state index contributed by atoms with van der Waals surface area (Å²) in [7, 11) is 0. The van der Waals surface area contributed by atoms with Crippen molar-refractivity contribution in [1.82, 2.24) is 5.48 Å². The fraction of sp³-hybridized carbons (Fsp3) is 0.364. The van der Waals surface area contributed by atoms with E-state index in [-0.39, 0.29) is 0 Å². The third kappa shape index (κ3) is 3.13. The Hall–Kier alpha value is -1.76. The van der Waals surface area contributed by atoms with Crippen LogP contribution in [0, 0.1) is 17.5 Å². The van der Waals surface area contributed by atoms with E-state index in [9.17, 15) is 18.0 Å². The molecule has 18 heavy (non-hydrogen) atoms. The van der Waals surface area contributed by atoms with Crippen LogP contribution >= 0.6 is 0 Å². The molecule has 0 aliphatic carbocycles. The van der Waals surface area contributed by atoms with E-state index in [4.69, 9.17) is 9.94 Å². The van der Waals surface area contributed by atoms with Crippen LogP contribution in [0.3, 0.4) is 0 Å². The summed E-state index contributed by atoms with van der Waals surface area (Å²) in [6.45, 7) is 4.85. The van der Waals surface area contributed by atoms with Crippen LogP contribution in [0.5, 0.6) is 5.75 Å². The number of phenolic OH excluding ortho intramolecular Hbond substituents is 1. The molecule has 0 fully saturated rings. The van der Waals surface area contributed by atoms with Gasteiger partial charge in [0, 0.05) is 0 Å². The topological polar surface area (TPSA) is 58.6 Å². The lowest BCUT2D eigenvalue weighted by atomic mass is 10.1. The Bertz CT molecular complexity index is 483. The maximum Gasteiger partial charge on any atom is 0.278 e. The van der Waals surface area contributed by atoms with Gasteiger partial charge in [-0.3, -0.25) is 9.63 Å². The first-order chi connectivity index (χ1) is 8.13. The van der Waals surface area contributed by atoms with Crippen molar-refractivity contribution in [2.75, 3.05) is 0 Å². The van der Waals surface area contributed by atoms with Crippen LogP contribution in [0.1, 0.15) is 31.1 Å². The van der Waals surface area contributed by atoms with Crippen molar-refractivity contribution in [3.63, 3.8) is 0 Å². The van der Waals surface area contributed by atoms with Crippen molar-refractivity contribution in [3.05, 3.63) is 29.1 Å². The number of hydrogen-bond donors (Lipinski definition) is 2. The van der Waals surface area contributed by atoms with Gasteiger partial charge in [-0.05, 0) is 26.8 Å². The minimum absolute atomic E-state index is 0.339. The number of halogens is 3. The molecular weight excluding hydrogens is 251 g/mol. The molecule has 7 heteroatoms. The zero-order chi connectivity index (χ0) is 14.1. The summed E-state index contributed by atoms with van der Waals surface area (Å²) in [6, 6.07) is 0.339. The average molecular weight is 263 g/mol. The highest BCUT2D eigenvalue weighted by Crippen LogP contribution is 2.25. The second-order valence-corrected chi connectivity index (χ2v) is 4.53. The number of carbonyl (C=O) groups is 1. The number of hydrogen-bond acceptors (Lipinski definition) is 3. The van der Waals surface area contributed by atoms with Crippen molar-refractivity contribution in [3.8, 4) is 5.75 Å². The molecule has 0 unspecified atom stereocenters. The summed E-state index contributed by atoms with van der Waals surface area (Å²) >= 11 is 0. The Morgan fingerprint density at radius 2 is 1.83 bits per heavy atom. The van der Waals surface area contributed by atoms with Crippen molar-refractivity contribution in [1.29, 1.82) is 0 Å². The highest BCUT2D eigenvalue weighted by Gasteiger charge is 2.23. The molecule has 0 aliphatic heterocycles. The lowest BCUT2D eigenvalue weighted by Crippen LogP contribution is -2.34. The molecule has 0 heterocycles. The molecule has 2 N–H and O–H groups in total. The maximum atomic E-state index is 13.3. The van der Waals surface area contributed by atoms with E-state index in [1.807, 2.05) is 5.48 Å². The maximum absolute atomic E-state index is 13.3. The molecule has 0 radical (unpaired) electrons. The fourth-order valence-electron chi connectivity index (χ4n) is 1.01. The SMILES string of the molecule is CC(C)(C)ONC(=O)c1cc(F)c(F)c(O)c1F. The van der Waals surface area contributed by atoms with Crippen LogP contribution in [0.25, 0.3) is 0 Å². The molecular formula is C11H12F3NO3. The fourth-order valence-corrected chi connectivity index (χ4v) is 1.01. The Balaban J connectivity index is 3.01. The van der Waals surface area contributed by atoms with E-state index >= 15 is 0 Å². The highest BCUT2D eigenvalue weighted by atomic mass is 19.2. The largest absolute Gasteiger partial charge is 0.503 e. The van der Waals surface area contributed by atoms with Gasteiger partial charge >= 0.3 is 0 Å². The number of nitrogens with one attached hydrogen (secondary N) is 1. The summed E-state index contributed by atoms with van der Waals surface area (Å²) in [5, 5.41) is 8.93. The Morgan fingerprint density at radius 3 is 2.33 bits per heavy atom. The van der Waals surface area contributed by atoms with Gasteiger partial charge in [0.05, 0.1) is 11.2 Å². The highest BCUT2D eigenvalue weighted by molar-refractivity contribution is 5.94. The molecule has 0 atom stereocenters. The number of phenols is 1. The van der Waals surface area contributed by atoms with Gasteiger partial charge in [0.25, 0.3) is 5.91 Å². The van der Waals surface area contributed by atoms with Gasteiger partial charge in [0.1, 0.15) is 0 Å². The number of carbonyl (C=O) groups excluding carboxylic acids is 1. The molecule has 1 aromatic carbocycles. The van der Waals surface area contributed by atoms with Crippen LogP contribution < -0.4 is 5.48 Å². The van der Waals surface area contributed by atoms with Gasteiger partial charge in [-0.2, -0.15) is 4.39 Å². The molecule has 0 spiro atoms. The van der Waals surface area contributed by atoms with Crippen molar-refractivity contribution >= 4 is 5.91 Å². The molecule has 100 valence electrons. The molecule has 1 rings (SSSR count). The second-order valence-electron chi connectivity index (χ2n) is 4.53. The van der Waals surface area contributed by atoms with E-state index in [2.05, 4.69) is 0 Å². The monoisotopic (exact) mass is 263 g/mol. The third-order valence-electron chi connectivity index (χ3n) is 1.83. The molecule has 0 saturated carbocycles. The lowest BCUT2D eigenvalue weighted by molar-refractivity contribution is -0.0591. The van der Waals surface area contributed by atoms with Gasteiger partial charge in [-0.1, -0.05) is 0 Å². The summed E-state index contributed by atoms with van der Waals surface area (Å²) in [5.41, 5.74) is 0.280. The average Bonchev–Trinajstić information content (AvgIpc) is 2.27. The van der Waals surface area contributed by atoms with Gasteiger partial charge in [0.15, 0.2) is 17.4 Å². The molecule has 0 bridgehead atoms. The van der Waals surface area contributed by atoms with Gasteiger partial charge < -0.3 is 5.11 Å². The normalized spacial score (nSPS) is 11.4. The number of hydroxylamine groups is 1. The smallest absolute Gasteiger partial charge is 0.278 e. The van der Waals surface area contributed by atoms with Crippen LogP contribution in [-0.4, -0.2) is 16.6 Å². The predicted molar refractivity (Wildman–Crippen MR) is 56.3 cm³/mol. The molecule has 1 amide bonds. The molecule has 1 aromatic rings. The van der Waals surface area contributed by atoms with Crippen LogP contribution in [-0.2, 0) is 4.84 Å². The van der Waals surface area contributed by atoms with E-state index in [0.717, 1.165) is 0 Å². The first-order valence-corrected chi connectivity index (χ1v) is 4.98. The summed E-state index contributed by atoms with van der Waals surface area (Å²) < 4.78 is 39.1. The minimum Gasteiger partial charge on any atom is -0.503 e. The summed E-state index contributed by atoms with van der Waals surface area (Å²) in [4.78, 5) is 16.3. The number of aromatic hydroxyl groups is 1. The lowest BCUT2D eigenvalue weighted by Gasteiger charge is -2.19. The Morgan fingerprint density at radius 1 is 1.28 bits per heavy atom. The van der Waals surface area contributed by atoms with Crippen LogP contribution in [0.15, 0.2) is 6.07 Å². The number of benzene rings is 1. The molecule has 0 saturated heterocycles. The first kappa shape index (κ1) is 14.3. The summed E-state index contributed by atoms with van der Waals surface area (Å²) in [5.74, 6) is -7.51. The van der Waals surface area contributed by atoms with Crippen LogP contribution in [0.4, 0.5) is 13.2 Å². The van der Waals surface area contributed by atoms with E-state index in [1.165, 1.54) is 0 Å². The minimum atomic E-state index is -1.75. The second kappa shape index (κ2) is 4.85. The Kier molecular flexibility index (Phi) is 3.85. The third-order valence-corrected chi connectivity index (χ3v) is 1.83. The standard InChI is InChI=1S/C11H12F3NO3/c1-11(2,3)18-15-10(17)5-4-6(12)8(14)9(16)7(5)13/h4,16H,1-3H3,(H,15,17). The molecule has 0 aliphatic rings. The van der Waals surface area contributed by atoms with Gasteiger partial charge in [0.2, 0.25) is 5.82 Å². The van der Waals surface area contributed by atoms with Crippen molar-refractivity contribution < 1.29 is 27.9 Å². The van der Waals surface area contributed by atoms with E-state index in [1.54, 1.807) is 20.8 Å². The quantitative estimate of drug-likeness (QED) is 0.635. The van der Waals surface area contributed by atoms with Crippen molar-refractivity contribution in [2.24, 2.45) is 0 Å².